The highest BCUT2D eigenvalue weighted by Gasteiger charge is 2.18. The third kappa shape index (κ3) is 3.68. The van der Waals surface area contributed by atoms with Crippen LogP contribution in [0.25, 0.3) is 0 Å². The minimum absolute atomic E-state index is 0.00544. The molecule has 0 N–H and O–H groups in total. The molecule has 1 fully saturated rings. The van der Waals surface area contributed by atoms with Crippen molar-refractivity contribution in [2.24, 2.45) is 0 Å². The predicted molar refractivity (Wildman–Crippen MR) is 62.9 cm³/mol. The van der Waals surface area contributed by atoms with Gasteiger partial charge in [-0.3, -0.25) is 9.59 Å². The fourth-order valence-electron chi connectivity index (χ4n) is 1.89. The third-order valence-electron chi connectivity index (χ3n) is 2.85. The summed E-state index contributed by atoms with van der Waals surface area (Å²) in [4.78, 5) is 26.5. The van der Waals surface area contributed by atoms with Gasteiger partial charge in [-0.15, -0.1) is 6.58 Å². The molecule has 0 atom stereocenters. The van der Waals surface area contributed by atoms with Crippen LogP contribution >= 0.6 is 0 Å². The molecule has 0 saturated carbocycles. The van der Waals surface area contributed by atoms with Crippen LogP contribution in [0.5, 0.6) is 0 Å². The van der Waals surface area contributed by atoms with Gasteiger partial charge in [0.25, 0.3) is 0 Å². The second kappa shape index (κ2) is 6.30. The van der Waals surface area contributed by atoms with Gasteiger partial charge in [-0.05, 0) is 12.8 Å². The van der Waals surface area contributed by atoms with Gasteiger partial charge in [0.2, 0.25) is 11.8 Å². The standard InChI is InChI=1S/C12H20N2O2/c1-3-7-13(11(2)15)10-6-12(16)14-8-4-5-9-14/h3H,1,4-10H2,2H3. The maximum atomic E-state index is 11.7. The minimum atomic E-state index is -0.00544. The van der Waals surface area contributed by atoms with Crippen LogP contribution in [0.4, 0.5) is 0 Å². The predicted octanol–water partition coefficient (Wildman–Crippen LogP) is 1.03. The summed E-state index contributed by atoms with van der Waals surface area (Å²) in [7, 11) is 0. The number of carbonyl (C=O) groups is 2. The number of likely N-dealkylation sites (tertiary alicyclic amines) is 1. The Morgan fingerprint density at radius 3 is 2.50 bits per heavy atom. The molecule has 0 radical (unpaired) electrons. The van der Waals surface area contributed by atoms with Crippen molar-refractivity contribution >= 4 is 11.8 Å². The molecule has 1 rings (SSSR count). The normalized spacial score (nSPS) is 14.9. The van der Waals surface area contributed by atoms with Crippen LogP contribution in [0.15, 0.2) is 12.7 Å². The number of carbonyl (C=O) groups excluding carboxylic acids is 2. The van der Waals surface area contributed by atoms with Gasteiger partial charge in [0.15, 0.2) is 0 Å². The largest absolute Gasteiger partial charge is 0.343 e. The summed E-state index contributed by atoms with van der Waals surface area (Å²) in [6.07, 6.45) is 4.32. The lowest BCUT2D eigenvalue weighted by molar-refractivity contribution is -0.132. The highest BCUT2D eigenvalue weighted by molar-refractivity contribution is 5.78. The van der Waals surface area contributed by atoms with Crippen LogP contribution in [0.1, 0.15) is 26.2 Å². The number of amides is 2. The molecule has 0 aromatic heterocycles. The van der Waals surface area contributed by atoms with E-state index < -0.39 is 0 Å². The van der Waals surface area contributed by atoms with Crippen LogP contribution in [0.3, 0.4) is 0 Å². The Kier molecular flexibility index (Phi) is 5.02. The Hall–Kier alpha value is -1.32. The second-order valence-corrected chi connectivity index (χ2v) is 4.09. The molecule has 0 unspecified atom stereocenters. The lowest BCUT2D eigenvalue weighted by atomic mass is 10.3. The molecule has 0 bridgehead atoms. The third-order valence-corrected chi connectivity index (χ3v) is 2.85. The van der Waals surface area contributed by atoms with E-state index in [1.807, 2.05) is 4.90 Å². The van der Waals surface area contributed by atoms with Gasteiger partial charge in [-0.2, -0.15) is 0 Å². The van der Waals surface area contributed by atoms with Crippen molar-refractivity contribution in [3.63, 3.8) is 0 Å². The topological polar surface area (TPSA) is 40.6 Å². The summed E-state index contributed by atoms with van der Waals surface area (Å²) in [5, 5.41) is 0. The number of nitrogens with zero attached hydrogens (tertiary/aromatic N) is 2. The average molecular weight is 224 g/mol. The molecule has 90 valence electrons. The van der Waals surface area contributed by atoms with Crippen molar-refractivity contribution in [2.75, 3.05) is 26.2 Å². The number of hydrogen-bond acceptors (Lipinski definition) is 2. The summed E-state index contributed by atoms with van der Waals surface area (Å²) in [6.45, 7) is 7.88. The van der Waals surface area contributed by atoms with Crippen LogP contribution in [-0.2, 0) is 9.59 Å². The van der Waals surface area contributed by atoms with E-state index in [9.17, 15) is 9.59 Å². The van der Waals surface area contributed by atoms with Crippen LogP contribution in [0, 0.1) is 0 Å². The first-order valence-corrected chi connectivity index (χ1v) is 5.79. The Labute approximate surface area is 96.9 Å². The van der Waals surface area contributed by atoms with Crippen molar-refractivity contribution in [2.45, 2.75) is 26.2 Å². The van der Waals surface area contributed by atoms with E-state index in [0.29, 0.717) is 19.5 Å². The highest BCUT2D eigenvalue weighted by atomic mass is 16.2. The van der Waals surface area contributed by atoms with E-state index >= 15 is 0 Å². The van der Waals surface area contributed by atoms with Crippen molar-refractivity contribution in [3.05, 3.63) is 12.7 Å². The summed E-state index contributed by atoms with van der Waals surface area (Å²) in [6, 6.07) is 0. The Morgan fingerprint density at radius 1 is 1.38 bits per heavy atom. The molecule has 1 saturated heterocycles. The Bertz CT molecular complexity index is 270. The zero-order valence-corrected chi connectivity index (χ0v) is 9.95. The van der Waals surface area contributed by atoms with Crippen molar-refractivity contribution in [1.82, 2.24) is 9.80 Å². The second-order valence-electron chi connectivity index (χ2n) is 4.09. The molecule has 0 aromatic rings. The maximum absolute atomic E-state index is 11.7. The van der Waals surface area contributed by atoms with Crippen LogP contribution in [0.2, 0.25) is 0 Å². The summed E-state index contributed by atoms with van der Waals surface area (Å²) in [5.41, 5.74) is 0. The Morgan fingerprint density at radius 2 is 2.00 bits per heavy atom. The first kappa shape index (κ1) is 12.7. The molecule has 0 aromatic carbocycles. The van der Waals surface area contributed by atoms with E-state index in [0.717, 1.165) is 25.9 Å². The highest BCUT2D eigenvalue weighted by Crippen LogP contribution is 2.09. The van der Waals surface area contributed by atoms with Gasteiger partial charge in [0, 0.05) is 39.5 Å². The smallest absolute Gasteiger partial charge is 0.224 e. The average Bonchev–Trinajstić information content (AvgIpc) is 2.76. The van der Waals surface area contributed by atoms with Crippen molar-refractivity contribution in [1.29, 1.82) is 0 Å². The lowest BCUT2D eigenvalue weighted by Gasteiger charge is -2.21. The molecular weight excluding hydrogens is 204 g/mol. The van der Waals surface area contributed by atoms with Crippen LogP contribution < -0.4 is 0 Å². The first-order chi connectivity index (χ1) is 7.65. The quantitative estimate of drug-likeness (QED) is 0.654. The molecule has 0 spiro atoms. The zero-order valence-electron chi connectivity index (χ0n) is 9.95. The van der Waals surface area contributed by atoms with Crippen molar-refractivity contribution in [3.8, 4) is 0 Å². The number of hydrogen-bond donors (Lipinski definition) is 0. The van der Waals surface area contributed by atoms with Gasteiger partial charge in [-0.25, -0.2) is 0 Å². The molecular formula is C12H20N2O2. The lowest BCUT2D eigenvalue weighted by Crippen LogP contribution is -2.35. The fraction of sp³-hybridized carbons (Fsp3) is 0.667. The van der Waals surface area contributed by atoms with E-state index in [1.165, 1.54) is 6.92 Å². The minimum Gasteiger partial charge on any atom is -0.343 e. The van der Waals surface area contributed by atoms with Gasteiger partial charge < -0.3 is 9.80 Å². The maximum Gasteiger partial charge on any atom is 0.224 e. The van der Waals surface area contributed by atoms with E-state index in [1.54, 1.807) is 11.0 Å². The zero-order chi connectivity index (χ0) is 12.0. The van der Waals surface area contributed by atoms with Crippen molar-refractivity contribution < 1.29 is 9.59 Å². The first-order valence-electron chi connectivity index (χ1n) is 5.79. The summed E-state index contributed by atoms with van der Waals surface area (Å²) < 4.78 is 0. The van der Waals surface area contributed by atoms with E-state index in [2.05, 4.69) is 6.58 Å². The molecule has 2 amide bonds. The molecule has 1 heterocycles. The molecule has 1 aliphatic heterocycles. The summed E-state index contributed by atoms with van der Waals surface area (Å²) in [5.74, 6) is 0.155. The van der Waals surface area contributed by atoms with E-state index in [-0.39, 0.29) is 11.8 Å². The van der Waals surface area contributed by atoms with Gasteiger partial charge in [0.05, 0.1) is 0 Å². The van der Waals surface area contributed by atoms with Crippen LogP contribution in [-0.4, -0.2) is 47.8 Å². The fourth-order valence-corrected chi connectivity index (χ4v) is 1.89. The Balaban J connectivity index is 2.33. The summed E-state index contributed by atoms with van der Waals surface area (Å²) >= 11 is 0. The van der Waals surface area contributed by atoms with Gasteiger partial charge >= 0.3 is 0 Å². The molecule has 1 aliphatic rings. The molecule has 16 heavy (non-hydrogen) atoms. The SMILES string of the molecule is C=CCN(CCC(=O)N1CCCC1)C(C)=O. The molecule has 4 nitrogen and oxygen atoms in total. The molecule has 4 heteroatoms. The van der Waals surface area contributed by atoms with Gasteiger partial charge in [0.1, 0.15) is 0 Å². The number of rotatable bonds is 5. The monoisotopic (exact) mass is 224 g/mol. The molecule has 0 aliphatic carbocycles. The van der Waals surface area contributed by atoms with Gasteiger partial charge in [-0.1, -0.05) is 6.08 Å². The van der Waals surface area contributed by atoms with E-state index in [4.69, 9.17) is 0 Å².